The van der Waals surface area contributed by atoms with Crippen molar-refractivity contribution in [2.24, 2.45) is 0 Å². The Bertz CT molecular complexity index is 172. The highest BCUT2D eigenvalue weighted by Crippen LogP contribution is 2.02. The second-order valence-corrected chi connectivity index (χ2v) is 1.82. The quantitative estimate of drug-likeness (QED) is 0.618. The van der Waals surface area contributed by atoms with Gasteiger partial charge in [-0.25, -0.2) is 4.98 Å². The highest BCUT2D eigenvalue weighted by Gasteiger charge is 1.91. The minimum absolute atomic E-state index is 0.563. The third kappa shape index (κ3) is 2.40. The predicted molar refractivity (Wildman–Crippen MR) is 44.3 cm³/mol. The monoisotopic (exact) mass is 160 g/mol. The first-order chi connectivity index (χ1) is 4.84. The molecule has 10 heavy (non-hydrogen) atoms. The molecule has 0 aromatic carbocycles. The maximum absolute atomic E-state index is 5.59. The highest BCUT2D eigenvalue weighted by molar-refractivity contribution is 6.28. The first-order valence-electron chi connectivity index (χ1n) is 3.51. The van der Waals surface area contributed by atoms with Crippen LogP contribution in [0, 0.1) is 0 Å². The van der Waals surface area contributed by atoms with Crippen LogP contribution in [0.1, 0.15) is 20.8 Å². The van der Waals surface area contributed by atoms with Gasteiger partial charge in [-0.1, -0.05) is 13.8 Å². The number of nitrogens with zero attached hydrogens (tertiary/aromatic N) is 2. The molecule has 0 aliphatic carbocycles. The van der Waals surface area contributed by atoms with E-state index >= 15 is 0 Å². The van der Waals surface area contributed by atoms with Crippen LogP contribution < -0.4 is 0 Å². The molecule has 1 aromatic heterocycles. The normalized spacial score (nSPS) is 8.40. The Morgan fingerprint density at radius 3 is 2.40 bits per heavy atom. The Hall–Kier alpha value is -0.500. The fraction of sp³-hybridized carbons (Fsp3) is 0.571. The van der Waals surface area contributed by atoms with Crippen LogP contribution in [0.3, 0.4) is 0 Å². The van der Waals surface area contributed by atoms with Crippen LogP contribution in [0.4, 0.5) is 0 Å². The molecule has 0 fully saturated rings. The van der Waals surface area contributed by atoms with Crippen LogP contribution in [-0.4, -0.2) is 9.55 Å². The van der Waals surface area contributed by atoms with Crippen LogP contribution in [0.2, 0.25) is 5.28 Å². The van der Waals surface area contributed by atoms with E-state index in [0.29, 0.717) is 5.28 Å². The molecule has 0 bridgehead atoms. The second kappa shape index (κ2) is 5.30. The maximum Gasteiger partial charge on any atom is 0.202 e. The maximum atomic E-state index is 5.59. The van der Waals surface area contributed by atoms with E-state index in [2.05, 4.69) is 4.98 Å². The molecule has 0 aliphatic heterocycles. The van der Waals surface area contributed by atoms with Gasteiger partial charge in [0, 0.05) is 18.9 Å². The molecular formula is C7H13ClN2. The molecule has 0 saturated carbocycles. The third-order valence-electron chi connectivity index (χ3n) is 1.01. The van der Waals surface area contributed by atoms with Crippen molar-refractivity contribution in [3.05, 3.63) is 17.7 Å². The summed E-state index contributed by atoms with van der Waals surface area (Å²) in [6.07, 6.45) is 3.54. The molecule has 0 radical (unpaired) electrons. The fourth-order valence-corrected chi connectivity index (χ4v) is 0.779. The summed E-state index contributed by atoms with van der Waals surface area (Å²) < 4.78 is 1.86. The Labute approximate surface area is 66.8 Å². The highest BCUT2D eigenvalue weighted by atomic mass is 35.5. The standard InChI is InChI=1S/C5H7ClN2.C2H6/c1-2-8-4-3-7-5(8)6;1-2/h3-4H,2H2,1H3;1-2H3. The van der Waals surface area contributed by atoms with E-state index in [1.165, 1.54) is 0 Å². The molecule has 0 saturated heterocycles. The Morgan fingerprint density at radius 1 is 1.60 bits per heavy atom. The molecule has 2 nitrogen and oxygen atoms in total. The van der Waals surface area contributed by atoms with Gasteiger partial charge in [0.1, 0.15) is 0 Å². The first kappa shape index (κ1) is 9.50. The van der Waals surface area contributed by atoms with Crippen molar-refractivity contribution in [1.29, 1.82) is 0 Å². The van der Waals surface area contributed by atoms with Crippen LogP contribution in [0.25, 0.3) is 0 Å². The van der Waals surface area contributed by atoms with Crippen LogP contribution >= 0.6 is 11.6 Å². The summed E-state index contributed by atoms with van der Waals surface area (Å²) in [7, 11) is 0. The van der Waals surface area contributed by atoms with E-state index in [0.717, 1.165) is 6.54 Å². The number of imidazole rings is 1. The molecule has 0 amide bonds. The lowest BCUT2D eigenvalue weighted by molar-refractivity contribution is 0.763. The Morgan fingerprint density at radius 2 is 2.20 bits per heavy atom. The molecule has 0 atom stereocenters. The summed E-state index contributed by atoms with van der Waals surface area (Å²) in [6, 6.07) is 0. The fourth-order valence-electron chi connectivity index (χ4n) is 0.547. The zero-order chi connectivity index (χ0) is 7.98. The van der Waals surface area contributed by atoms with Gasteiger partial charge in [0.05, 0.1) is 0 Å². The number of hydrogen-bond donors (Lipinski definition) is 0. The van der Waals surface area contributed by atoms with Crippen molar-refractivity contribution in [3.63, 3.8) is 0 Å². The van der Waals surface area contributed by atoms with Gasteiger partial charge in [-0.05, 0) is 18.5 Å². The van der Waals surface area contributed by atoms with Crippen molar-refractivity contribution >= 4 is 11.6 Å². The van der Waals surface area contributed by atoms with Gasteiger partial charge in [-0.15, -0.1) is 0 Å². The number of aryl methyl sites for hydroxylation is 1. The van der Waals surface area contributed by atoms with E-state index in [4.69, 9.17) is 11.6 Å². The third-order valence-corrected chi connectivity index (χ3v) is 1.32. The summed E-state index contributed by atoms with van der Waals surface area (Å²) in [5, 5.41) is 0.563. The molecule has 1 rings (SSSR count). The second-order valence-electron chi connectivity index (χ2n) is 1.48. The largest absolute Gasteiger partial charge is 0.322 e. The zero-order valence-corrected chi connectivity index (χ0v) is 7.39. The molecular weight excluding hydrogens is 148 g/mol. The molecule has 0 aliphatic rings. The van der Waals surface area contributed by atoms with Crippen molar-refractivity contribution < 1.29 is 0 Å². The number of aromatic nitrogens is 2. The average molecular weight is 161 g/mol. The van der Waals surface area contributed by atoms with E-state index in [-0.39, 0.29) is 0 Å². The summed E-state index contributed by atoms with van der Waals surface area (Å²) in [5.74, 6) is 0. The molecule has 3 heteroatoms. The van der Waals surface area contributed by atoms with Crippen molar-refractivity contribution in [2.75, 3.05) is 0 Å². The molecule has 58 valence electrons. The molecule has 1 aromatic rings. The van der Waals surface area contributed by atoms with Crippen LogP contribution in [-0.2, 0) is 6.54 Å². The lowest BCUT2D eigenvalue weighted by atomic mass is 10.7. The number of hydrogen-bond acceptors (Lipinski definition) is 1. The van der Waals surface area contributed by atoms with Crippen LogP contribution in [0.5, 0.6) is 0 Å². The lowest BCUT2D eigenvalue weighted by Gasteiger charge is -1.93. The zero-order valence-electron chi connectivity index (χ0n) is 6.63. The number of rotatable bonds is 1. The molecule has 1 heterocycles. The topological polar surface area (TPSA) is 17.8 Å². The van der Waals surface area contributed by atoms with Gasteiger partial charge in [0.25, 0.3) is 0 Å². The van der Waals surface area contributed by atoms with E-state index in [1.54, 1.807) is 6.20 Å². The summed E-state index contributed by atoms with van der Waals surface area (Å²) in [6.45, 7) is 6.91. The summed E-state index contributed by atoms with van der Waals surface area (Å²) in [4.78, 5) is 3.82. The molecule has 0 spiro atoms. The van der Waals surface area contributed by atoms with E-state index in [1.807, 2.05) is 31.5 Å². The van der Waals surface area contributed by atoms with Gasteiger partial charge < -0.3 is 4.57 Å². The van der Waals surface area contributed by atoms with Crippen molar-refractivity contribution in [1.82, 2.24) is 9.55 Å². The predicted octanol–water partition coefficient (Wildman–Crippen LogP) is 2.58. The van der Waals surface area contributed by atoms with Gasteiger partial charge in [0.15, 0.2) is 0 Å². The van der Waals surface area contributed by atoms with Gasteiger partial charge in [-0.3, -0.25) is 0 Å². The van der Waals surface area contributed by atoms with E-state index < -0.39 is 0 Å². The van der Waals surface area contributed by atoms with Crippen molar-refractivity contribution in [3.8, 4) is 0 Å². The van der Waals surface area contributed by atoms with Crippen LogP contribution in [0.15, 0.2) is 12.4 Å². The summed E-state index contributed by atoms with van der Waals surface area (Å²) in [5.41, 5.74) is 0. The molecule has 0 unspecified atom stereocenters. The SMILES string of the molecule is CC.CCn1ccnc1Cl. The number of halogens is 1. The van der Waals surface area contributed by atoms with Crippen molar-refractivity contribution in [2.45, 2.75) is 27.3 Å². The minimum Gasteiger partial charge on any atom is -0.322 e. The smallest absolute Gasteiger partial charge is 0.202 e. The van der Waals surface area contributed by atoms with E-state index in [9.17, 15) is 0 Å². The minimum atomic E-state index is 0.563. The lowest BCUT2D eigenvalue weighted by Crippen LogP contribution is -1.89. The van der Waals surface area contributed by atoms with Gasteiger partial charge >= 0.3 is 0 Å². The average Bonchev–Trinajstić information content (AvgIpc) is 2.39. The summed E-state index contributed by atoms with van der Waals surface area (Å²) >= 11 is 5.59. The first-order valence-corrected chi connectivity index (χ1v) is 3.89. The Balaban J connectivity index is 0.000000371. The Kier molecular flexibility index (Phi) is 5.03. The van der Waals surface area contributed by atoms with Gasteiger partial charge in [-0.2, -0.15) is 0 Å². The molecule has 0 N–H and O–H groups in total. The van der Waals surface area contributed by atoms with Gasteiger partial charge in [0.2, 0.25) is 5.28 Å².